The highest BCUT2D eigenvalue weighted by Gasteiger charge is 2.41. The molecular weight excluding hydrogens is 284 g/mol. The SMILES string of the molecule is CC(=O)O[C@H]1C/C=C(\C)CC[C@@H]2[C@H](/C=C\1CO)OC(=O)[C@@H]2C. The summed E-state index contributed by atoms with van der Waals surface area (Å²) in [5, 5.41) is 9.65. The fourth-order valence-electron chi connectivity index (χ4n) is 3.11. The number of fused-ring (bicyclic) bond motifs is 1. The maximum atomic E-state index is 11.9. The molecule has 2 aliphatic rings. The zero-order valence-electron chi connectivity index (χ0n) is 13.4. The second-order valence-electron chi connectivity index (χ2n) is 6.18. The first-order valence-corrected chi connectivity index (χ1v) is 7.77. The van der Waals surface area contributed by atoms with Crippen LogP contribution in [0.1, 0.15) is 40.0 Å². The van der Waals surface area contributed by atoms with Crippen molar-refractivity contribution in [3.63, 3.8) is 0 Å². The second-order valence-corrected chi connectivity index (χ2v) is 6.18. The van der Waals surface area contributed by atoms with Gasteiger partial charge in [0.25, 0.3) is 0 Å². The minimum Gasteiger partial charge on any atom is -0.458 e. The van der Waals surface area contributed by atoms with Crippen LogP contribution in [0.3, 0.4) is 0 Å². The summed E-state index contributed by atoms with van der Waals surface area (Å²) < 4.78 is 10.8. The Morgan fingerprint density at radius 2 is 2.23 bits per heavy atom. The quantitative estimate of drug-likeness (QED) is 0.625. The molecule has 1 fully saturated rings. The molecule has 5 nitrogen and oxygen atoms in total. The van der Waals surface area contributed by atoms with E-state index in [0.717, 1.165) is 12.8 Å². The number of aliphatic hydroxyl groups excluding tert-OH is 1. The molecule has 0 spiro atoms. The third-order valence-corrected chi connectivity index (χ3v) is 4.52. The number of allylic oxidation sites excluding steroid dienone is 1. The molecular formula is C17H24O5. The van der Waals surface area contributed by atoms with Crippen molar-refractivity contribution in [1.82, 2.24) is 0 Å². The first-order valence-electron chi connectivity index (χ1n) is 7.77. The molecule has 0 unspecified atom stereocenters. The van der Waals surface area contributed by atoms with Gasteiger partial charge < -0.3 is 14.6 Å². The zero-order valence-corrected chi connectivity index (χ0v) is 13.4. The van der Waals surface area contributed by atoms with Crippen LogP contribution in [0.4, 0.5) is 0 Å². The number of carbonyl (C=O) groups excluding carboxylic acids is 2. The Kier molecular flexibility index (Phi) is 5.40. The summed E-state index contributed by atoms with van der Waals surface area (Å²) in [6.45, 7) is 5.05. The fourth-order valence-corrected chi connectivity index (χ4v) is 3.11. The van der Waals surface area contributed by atoms with E-state index in [1.165, 1.54) is 12.5 Å². The van der Waals surface area contributed by atoms with Crippen LogP contribution in [0.15, 0.2) is 23.3 Å². The largest absolute Gasteiger partial charge is 0.458 e. The molecule has 22 heavy (non-hydrogen) atoms. The van der Waals surface area contributed by atoms with Crippen molar-refractivity contribution in [2.45, 2.75) is 52.2 Å². The molecule has 0 aromatic rings. The van der Waals surface area contributed by atoms with E-state index in [0.29, 0.717) is 12.0 Å². The predicted octanol–water partition coefficient (Wildman–Crippen LogP) is 2.14. The second kappa shape index (κ2) is 7.09. The van der Waals surface area contributed by atoms with Gasteiger partial charge in [-0.05, 0) is 31.4 Å². The third-order valence-electron chi connectivity index (χ3n) is 4.52. The number of carbonyl (C=O) groups is 2. The Morgan fingerprint density at radius 1 is 1.50 bits per heavy atom. The van der Waals surface area contributed by atoms with Crippen molar-refractivity contribution >= 4 is 11.9 Å². The highest BCUT2D eigenvalue weighted by Crippen LogP contribution is 2.35. The van der Waals surface area contributed by atoms with E-state index in [1.54, 1.807) is 6.08 Å². The molecule has 0 radical (unpaired) electrons. The van der Waals surface area contributed by atoms with Gasteiger partial charge in [-0.25, -0.2) is 0 Å². The number of ether oxygens (including phenoxy) is 2. The highest BCUT2D eigenvalue weighted by atomic mass is 16.6. The molecule has 4 atom stereocenters. The Labute approximate surface area is 131 Å². The van der Waals surface area contributed by atoms with E-state index in [2.05, 4.69) is 0 Å². The maximum absolute atomic E-state index is 11.9. The number of hydrogen-bond donors (Lipinski definition) is 1. The molecule has 2 rings (SSSR count). The van der Waals surface area contributed by atoms with Crippen molar-refractivity contribution in [3.05, 3.63) is 23.3 Å². The van der Waals surface area contributed by atoms with Crippen molar-refractivity contribution in [2.75, 3.05) is 6.61 Å². The number of aliphatic hydroxyl groups is 1. The van der Waals surface area contributed by atoms with Gasteiger partial charge in [0.05, 0.1) is 12.5 Å². The van der Waals surface area contributed by atoms with Gasteiger partial charge in [-0.3, -0.25) is 9.59 Å². The summed E-state index contributed by atoms with van der Waals surface area (Å²) in [4.78, 5) is 23.2. The first-order chi connectivity index (χ1) is 10.4. The van der Waals surface area contributed by atoms with Crippen LogP contribution < -0.4 is 0 Å². The van der Waals surface area contributed by atoms with Crippen LogP contribution in [0.25, 0.3) is 0 Å². The normalized spacial score (nSPS) is 37.2. The van der Waals surface area contributed by atoms with Crippen LogP contribution in [0.2, 0.25) is 0 Å². The lowest BCUT2D eigenvalue weighted by molar-refractivity contribution is -0.145. The Balaban J connectivity index is 2.34. The summed E-state index contributed by atoms with van der Waals surface area (Å²) in [7, 11) is 0. The van der Waals surface area contributed by atoms with Crippen molar-refractivity contribution in [3.8, 4) is 0 Å². The Morgan fingerprint density at radius 3 is 2.86 bits per heavy atom. The highest BCUT2D eigenvalue weighted by molar-refractivity contribution is 5.75. The fraction of sp³-hybridized carbons (Fsp3) is 0.647. The van der Waals surface area contributed by atoms with E-state index in [-0.39, 0.29) is 36.5 Å². The van der Waals surface area contributed by atoms with Crippen LogP contribution in [0.5, 0.6) is 0 Å². The lowest BCUT2D eigenvalue weighted by Gasteiger charge is -2.23. The van der Waals surface area contributed by atoms with Gasteiger partial charge >= 0.3 is 11.9 Å². The summed E-state index contributed by atoms with van der Waals surface area (Å²) in [5.41, 5.74) is 1.79. The summed E-state index contributed by atoms with van der Waals surface area (Å²) in [5.74, 6) is -0.650. The topological polar surface area (TPSA) is 72.8 Å². The molecule has 1 N–H and O–H groups in total. The Bertz CT molecular complexity index is 505. The zero-order chi connectivity index (χ0) is 16.3. The van der Waals surface area contributed by atoms with E-state index in [1.807, 2.05) is 19.9 Å². The van der Waals surface area contributed by atoms with Crippen molar-refractivity contribution in [1.29, 1.82) is 0 Å². The van der Waals surface area contributed by atoms with Gasteiger partial charge in [-0.2, -0.15) is 0 Å². The van der Waals surface area contributed by atoms with Gasteiger partial charge in [0.2, 0.25) is 0 Å². The van der Waals surface area contributed by atoms with Gasteiger partial charge in [0.1, 0.15) is 12.2 Å². The molecule has 122 valence electrons. The summed E-state index contributed by atoms with van der Waals surface area (Å²) in [6, 6.07) is 0. The van der Waals surface area contributed by atoms with Gasteiger partial charge in [0.15, 0.2) is 0 Å². The predicted molar refractivity (Wildman–Crippen MR) is 80.9 cm³/mol. The number of rotatable bonds is 2. The molecule has 0 saturated carbocycles. The molecule has 1 saturated heterocycles. The molecule has 1 aliphatic carbocycles. The van der Waals surface area contributed by atoms with Crippen molar-refractivity contribution < 1.29 is 24.2 Å². The van der Waals surface area contributed by atoms with E-state index >= 15 is 0 Å². The van der Waals surface area contributed by atoms with Crippen LogP contribution >= 0.6 is 0 Å². The molecule has 0 bridgehead atoms. The van der Waals surface area contributed by atoms with E-state index in [4.69, 9.17) is 9.47 Å². The molecule has 0 aromatic heterocycles. The minimum absolute atomic E-state index is 0.0912. The third kappa shape index (κ3) is 3.77. The number of hydrogen-bond acceptors (Lipinski definition) is 5. The molecule has 1 aliphatic heterocycles. The van der Waals surface area contributed by atoms with Gasteiger partial charge in [-0.1, -0.05) is 18.6 Å². The smallest absolute Gasteiger partial charge is 0.309 e. The van der Waals surface area contributed by atoms with Crippen molar-refractivity contribution in [2.24, 2.45) is 11.8 Å². The lowest BCUT2D eigenvalue weighted by atomic mass is 9.84. The minimum atomic E-state index is -0.509. The Hall–Kier alpha value is -1.62. The first kappa shape index (κ1) is 16.7. The average molecular weight is 308 g/mol. The van der Waals surface area contributed by atoms with Gasteiger partial charge in [0, 0.05) is 19.3 Å². The summed E-state index contributed by atoms with van der Waals surface area (Å²) >= 11 is 0. The molecule has 0 aromatic carbocycles. The monoisotopic (exact) mass is 308 g/mol. The number of esters is 2. The molecule has 0 amide bonds. The lowest BCUT2D eigenvalue weighted by Crippen LogP contribution is -2.25. The van der Waals surface area contributed by atoms with Gasteiger partial charge in [-0.15, -0.1) is 0 Å². The maximum Gasteiger partial charge on any atom is 0.309 e. The van der Waals surface area contributed by atoms with E-state index in [9.17, 15) is 14.7 Å². The van der Waals surface area contributed by atoms with Crippen LogP contribution in [-0.4, -0.2) is 35.9 Å². The molecule has 1 heterocycles. The van der Waals surface area contributed by atoms with Crippen LogP contribution in [-0.2, 0) is 19.1 Å². The van der Waals surface area contributed by atoms with E-state index < -0.39 is 6.10 Å². The standard InChI is InChI=1S/C17H24O5/c1-10-4-6-14-11(2)17(20)22-16(14)8-13(9-18)15(7-5-10)21-12(3)19/h5,8,11,14-16,18H,4,6-7,9H2,1-3H3/b10-5+,13-8-/t11-,14+,15+,16+/m1/s1. The molecule has 5 heteroatoms. The average Bonchev–Trinajstić information content (AvgIpc) is 2.73. The summed E-state index contributed by atoms with van der Waals surface area (Å²) in [6.07, 6.45) is 5.23. The van der Waals surface area contributed by atoms with Crippen LogP contribution in [0, 0.1) is 11.8 Å².